The predicted octanol–water partition coefficient (Wildman–Crippen LogP) is 3.54. The van der Waals surface area contributed by atoms with Crippen molar-refractivity contribution in [3.63, 3.8) is 0 Å². The molecule has 0 aliphatic rings. The lowest BCUT2D eigenvalue weighted by molar-refractivity contribution is 0.0958. The van der Waals surface area contributed by atoms with Crippen LogP contribution in [0, 0.1) is 0 Å². The Morgan fingerprint density at radius 1 is 1.05 bits per heavy atom. The van der Waals surface area contributed by atoms with Gasteiger partial charge in [-0.3, -0.25) is 14.8 Å². The smallest absolute Gasteiger partial charge is 0.421 e. The minimum atomic E-state index is -0.967. The van der Waals surface area contributed by atoms with E-state index < -0.39 is 18.1 Å². The normalized spacial score (nSPS) is 10.4. The minimum absolute atomic E-state index is 0.0251. The van der Waals surface area contributed by atoms with Gasteiger partial charge in [0.15, 0.2) is 16.6 Å². The zero-order valence-electron chi connectivity index (χ0n) is 22.3. The maximum Gasteiger partial charge on any atom is 0.421 e. The number of anilines is 3. The van der Waals surface area contributed by atoms with Crippen LogP contribution >= 0.6 is 11.6 Å². The average Bonchev–Trinajstić information content (AvgIpc) is 3.39. The van der Waals surface area contributed by atoms with Crippen LogP contribution in [0.4, 0.5) is 26.8 Å². The number of carbonyl (C=O) groups excluding carboxylic acids is 3. The molecule has 41 heavy (non-hydrogen) atoms. The molecule has 0 saturated heterocycles. The largest absolute Gasteiger partial charge is 0.494 e. The third-order valence-corrected chi connectivity index (χ3v) is 5.77. The molecule has 4 aromatic rings. The fourth-order valence-electron chi connectivity index (χ4n) is 3.79. The quantitative estimate of drug-likeness (QED) is 0.215. The number of ether oxygens (including phenoxy) is 2. The zero-order valence-corrected chi connectivity index (χ0v) is 23.0. The number of methoxy groups -OCH3 is 1. The molecule has 4 N–H and O–H groups in total. The highest BCUT2D eigenvalue weighted by atomic mass is 35.5. The van der Waals surface area contributed by atoms with Gasteiger partial charge in [-0.25, -0.2) is 14.6 Å². The van der Waals surface area contributed by atoms with Crippen LogP contribution < -0.4 is 26.0 Å². The van der Waals surface area contributed by atoms with E-state index >= 15 is 0 Å². The molecule has 3 aromatic heterocycles. The van der Waals surface area contributed by atoms with Gasteiger partial charge in [-0.2, -0.15) is 5.10 Å². The van der Waals surface area contributed by atoms with Crippen LogP contribution in [0.2, 0.25) is 5.15 Å². The van der Waals surface area contributed by atoms with Crippen LogP contribution in [0.25, 0.3) is 11.3 Å². The highest BCUT2D eigenvalue weighted by molar-refractivity contribution is 6.29. The van der Waals surface area contributed by atoms with E-state index in [0.717, 1.165) is 5.56 Å². The number of aromatic nitrogens is 5. The summed E-state index contributed by atoms with van der Waals surface area (Å²) in [6, 6.07) is 11.9. The summed E-state index contributed by atoms with van der Waals surface area (Å²) in [5, 5.41) is 22.9. The summed E-state index contributed by atoms with van der Waals surface area (Å²) < 4.78 is 12.1. The Balaban J connectivity index is 1.55. The fraction of sp³-hybridized carbons (Fsp3) is 0.192. The lowest BCUT2D eigenvalue weighted by Gasteiger charge is -2.18. The number of halogens is 1. The number of hydrogen-bond acceptors (Lipinski definition) is 10. The van der Waals surface area contributed by atoms with Crippen molar-refractivity contribution >= 4 is 46.9 Å². The Morgan fingerprint density at radius 2 is 1.88 bits per heavy atom. The fourth-order valence-corrected chi connectivity index (χ4v) is 3.93. The molecular weight excluding hydrogens is 554 g/mol. The van der Waals surface area contributed by atoms with Crippen molar-refractivity contribution in [1.82, 2.24) is 35.6 Å². The van der Waals surface area contributed by atoms with Gasteiger partial charge < -0.3 is 25.4 Å². The Morgan fingerprint density at radius 3 is 2.56 bits per heavy atom. The van der Waals surface area contributed by atoms with Crippen molar-refractivity contribution in [2.45, 2.75) is 6.42 Å². The molecule has 0 aliphatic carbocycles. The van der Waals surface area contributed by atoms with E-state index in [1.807, 2.05) is 12.1 Å². The van der Waals surface area contributed by atoms with Crippen molar-refractivity contribution in [2.75, 3.05) is 31.3 Å². The second kappa shape index (κ2) is 13.2. The van der Waals surface area contributed by atoms with Gasteiger partial charge in [-0.15, -0.1) is 10.2 Å². The Labute approximate surface area is 239 Å². The highest BCUT2D eigenvalue weighted by Crippen LogP contribution is 2.39. The van der Waals surface area contributed by atoms with E-state index in [1.54, 1.807) is 42.2 Å². The highest BCUT2D eigenvalue weighted by Gasteiger charge is 2.20. The first-order valence-electron chi connectivity index (χ1n) is 12.2. The number of aryl methyl sites for hydroxylation is 1. The lowest BCUT2D eigenvalue weighted by atomic mass is 10.0. The summed E-state index contributed by atoms with van der Waals surface area (Å²) in [5.41, 5.74) is 2.86. The first kappa shape index (κ1) is 28.8. The Bertz CT molecular complexity index is 1560. The van der Waals surface area contributed by atoms with E-state index in [9.17, 15) is 14.4 Å². The van der Waals surface area contributed by atoms with Crippen LogP contribution in [0.15, 0.2) is 54.9 Å². The van der Waals surface area contributed by atoms with Crippen molar-refractivity contribution in [1.29, 1.82) is 0 Å². The summed E-state index contributed by atoms with van der Waals surface area (Å²) in [4.78, 5) is 40.5. The van der Waals surface area contributed by atoms with E-state index in [4.69, 9.17) is 21.1 Å². The number of hydrogen-bond donors (Lipinski definition) is 4. The number of rotatable bonds is 9. The molecule has 0 saturated carbocycles. The Kier molecular flexibility index (Phi) is 9.27. The molecule has 4 rings (SSSR count). The van der Waals surface area contributed by atoms with Crippen LogP contribution in [0.1, 0.15) is 16.1 Å². The third-order valence-electron chi connectivity index (χ3n) is 5.58. The molecule has 0 atom stereocenters. The topological polar surface area (TPSA) is 174 Å². The summed E-state index contributed by atoms with van der Waals surface area (Å²) >= 11 is 6.07. The Hall–Kier alpha value is -5.24. The summed E-state index contributed by atoms with van der Waals surface area (Å²) in [5.74, 6) is 0.226. The number of amides is 3. The van der Waals surface area contributed by atoms with Crippen molar-refractivity contribution in [3.8, 4) is 17.0 Å². The summed E-state index contributed by atoms with van der Waals surface area (Å²) in [6.07, 6.45) is 1.73. The number of pyridine rings is 1. The third kappa shape index (κ3) is 7.45. The van der Waals surface area contributed by atoms with Gasteiger partial charge in [0, 0.05) is 44.7 Å². The zero-order chi connectivity index (χ0) is 29.4. The van der Waals surface area contributed by atoms with Gasteiger partial charge in [0.2, 0.25) is 0 Å². The van der Waals surface area contributed by atoms with Crippen molar-refractivity contribution < 1.29 is 23.9 Å². The molecule has 212 valence electrons. The number of nitrogens with one attached hydrogen (secondary N) is 4. The number of alkyl carbamates (subject to hydrolysis) is 1. The molecule has 0 aliphatic heterocycles. The van der Waals surface area contributed by atoms with Gasteiger partial charge in [0.1, 0.15) is 5.82 Å². The molecule has 14 nitrogen and oxygen atoms in total. The van der Waals surface area contributed by atoms with Crippen molar-refractivity contribution in [3.05, 3.63) is 71.3 Å². The average molecular weight is 580 g/mol. The molecule has 3 amide bonds. The number of nitrogens with zero attached hydrogens (tertiary/aromatic N) is 5. The SMILES string of the molecule is CNC(=O)c1nnc(Cl)cc1Nc1cc(CCNC(=O)OC(=O)Nc2ccccn2)cc(-c2ccn(C)n2)c1OC. The van der Waals surface area contributed by atoms with Gasteiger partial charge in [-0.05, 0) is 42.3 Å². The molecule has 3 heterocycles. The maximum atomic E-state index is 12.4. The standard InChI is InChI=1S/C26H26ClN9O5/c1-28-24(37)22-18(14-20(27)33-34-22)31-19-13-15(12-16(23(19)40-3)17-8-11-36(2)35-17)7-10-30-25(38)41-26(39)32-21-6-4-5-9-29-21/h4-6,8-9,11-14H,7,10H2,1-3H3,(H,28,37)(H,30,38)(H,31,33)(H,29,32,39). The molecule has 0 spiro atoms. The molecular formula is C26H26ClN9O5. The van der Waals surface area contributed by atoms with Gasteiger partial charge in [-0.1, -0.05) is 17.7 Å². The van der Waals surface area contributed by atoms with E-state index in [0.29, 0.717) is 34.8 Å². The monoisotopic (exact) mass is 579 g/mol. The van der Waals surface area contributed by atoms with Gasteiger partial charge in [0.25, 0.3) is 5.91 Å². The maximum absolute atomic E-state index is 12.4. The molecule has 15 heteroatoms. The minimum Gasteiger partial charge on any atom is -0.494 e. The first-order chi connectivity index (χ1) is 19.8. The molecule has 1 aromatic carbocycles. The molecule has 0 unspecified atom stereocenters. The first-order valence-corrected chi connectivity index (χ1v) is 12.6. The predicted molar refractivity (Wildman–Crippen MR) is 150 cm³/mol. The van der Waals surface area contributed by atoms with Crippen LogP contribution in [0.3, 0.4) is 0 Å². The van der Waals surface area contributed by atoms with E-state index in [1.165, 1.54) is 26.4 Å². The number of benzene rings is 1. The van der Waals surface area contributed by atoms with Crippen LogP contribution in [0.5, 0.6) is 5.75 Å². The number of carbonyl (C=O) groups is 3. The second-order valence-electron chi connectivity index (χ2n) is 8.43. The van der Waals surface area contributed by atoms with Crippen LogP contribution in [-0.2, 0) is 18.2 Å². The van der Waals surface area contributed by atoms with Gasteiger partial charge >= 0.3 is 12.2 Å². The van der Waals surface area contributed by atoms with E-state index in [-0.39, 0.29) is 23.2 Å². The molecule has 0 fully saturated rings. The van der Waals surface area contributed by atoms with E-state index in [2.05, 4.69) is 41.5 Å². The summed E-state index contributed by atoms with van der Waals surface area (Å²) in [7, 11) is 4.78. The van der Waals surface area contributed by atoms with Gasteiger partial charge in [0.05, 0.1) is 24.2 Å². The van der Waals surface area contributed by atoms with Crippen LogP contribution in [-0.4, -0.2) is 63.8 Å². The van der Waals surface area contributed by atoms with Crippen molar-refractivity contribution in [2.24, 2.45) is 7.05 Å². The lowest BCUT2D eigenvalue weighted by Crippen LogP contribution is -2.30. The molecule has 0 bridgehead atoms. The molecule has 0 radical (unpaired) electrons. The second-order valence-corrected chi connectivity index (χ2v) is 8.81. The summed E-state index contributed by atoms with van der Waals surface area (Å²) in [6.45, 7) is 0.134.